The lowest BCUT2D eigenvalue weighted by Gasteiger charge is -2.35. The maximum absolute atomic E-state index is 12.7. The molecule has 2 heterocycles. The molecule has 1 aromatic heterocycles. The molecule has 1 fully saturated rings. The van der Waals surface area contributed by atoms with Crippen LogP contribution in [-0.4, -0.2) is 52.2 Å². The first-order valence-electron chi connectivity index (χ1n) is 10.6. The number of nitrogens with zero attached hydrogens (tertiary/aromatic N) is 3. The predicted octanol–water partition coefficient (Wildman–Crippen LogP) is 2.52. The van der Waals surface area contributed by atoms with Gasteiger partial charge in [-0.3, -0.25) is 9.59 Å². The van der Waals surface area contributed by atoms with Crippen molar-refractivity contribution in [3.05, 3.63) is 47.1 Å². The number of carbonyl (C=O) groups excluding carboxylic acids is 2. The van der Waals surface area contributed by atoms with Crippen LogP contribution in [0.5, 0.6) is 0 Å². The molecule has 1 saturated heterocycles. The third kappa shape index (κ3) is 6.13. The Morgan fingerprint density at radius 1 is 1.13 bits per heavy atom. The smallest absolute Gasteiger partial charge is 0.254 e. The summed E-state index contributed by atoms with van der Waals surface area (Å²) in [5, 5.41) is 6.77. The number of amides is 2. The van der Waals surface area contributed by atoms with Gasteiger partial charge in [0.25, 0.3) is 5.91 Å². The third-order valence-corrected chi connectivity index (χ3v) is 4.95. The molecule has 0 bridgehead atoms. The zero-order valence-corrected chi connectivity index (χ0v) is 17.9. The number of aryl methyl sites for hydroxylation is 2. The van der Waals surface area contributed by atoms with E-state index in [1.54, 1.807) is 0 Å². The van der Waals surface area contributed by atoms with Gasteiger partial charge in [-0.15, -0.1) is 0 Å². The summed E-state index contributed by atoms with van der Waals surface area (Å²) in [5.41, 5.74) is 1.58. The van der Waals surface area contributed by atoms with Crippen LogP contribution in [0.3, 0.4) is 0 Å². The highest BCUT2D eigenvalue weighted by atomic mass is 16.5. The molecule has 1 aliphatic heterocycles. The Balaban J connectivity index is 1.44. The fourth-order valence-corrected chi connectivity index (χ4v) is 3.52. The molecule has 1 N–H and O–H groups in total. The van der Waals surface area contributed by atoms with Crippen molar-refractivity contribution in [1.29, 1.82) is 0 Å². The van der Waals surface area contributed by atoms with Crippen LogP contribution in [0, 0.1) is 0 Å². The van der Waals surface area contributed by atoms with Gasteiger partial charge in [0.1, 0.15) is 0 Å². The average Bonchev–Trinajstić information content (AvgIpc) is 3.17. The standard InChI is InChI=1S/C22H30N4O4/c1-4-5-19-24-21(30-25-19)11-10-20(27)23-12-17-6-8-18(9-7-17)22(28)26-13-15(2)29-16(3)14-26/h6-9,15-16H,4-5,10-14H2,1-3H3,(H,23,27). The molecule has 2 atom stereocenters. The van der Waals surface area contributed by atoms with E-state index in [1.165, 1.54) is 0 Å². The van der Waals surface area contributed by atoms with E-state index in [2.05, 4.69) is 22.4 Å². The Hall–Kier alpha value is -2.74. The van der Waals surface area contributed by atoms with Gasteiger partial charge in [-0.25, -0.2) is 0 Å². The first-order chi connectivity index (χ1) is 14.4. The van der Waals surface area contributed by atoms with E-state index in [1.807, 2.05) is 43.0 Å². The Bertz CT molecular complexity index is 839. The summed E-state index contributed by atoms with van der Waals surface area (Å²) in [6.45, 7) is 7.61. The first-order valence-corrected chi connectivity index (χ1v) is 10.6. The van der Waals surface area contributed by atoms with E-state index < -0.39 is 0 Å². The van der Waals surface area contributed by atoms with Crippen molar-refractivity contribution in [2.24, 2.45) is 0 Å². The number of nitrogens with one attached hydrogen (secondary N) is 1. The van der Waals surface area contributed by atoms with Gasteiger partial charge in [-0.05, 0) is 38.0 Å². The molecular weight excluding hydrogens is 384 g/mol. The zero-order valence-electron chi connectivity index (χ0n) is 17.9. The highest BCUT2D eigenvalue weighted by Gasteiger charge is 2.26. The molecule has 162 valence electrons. The molecule has 2 unspecified atom stereocenters. The topological polar surface area (TPSA) is 97.6 Å². The first kappa shape index (κ1) is 22.0. The number of rotatable bonds is 8. The average molecular weight is 415 g/mol. The summed E-state index contributed by atoms with van der Waals surface area (Å²) in [5.74, 6) is 1.10. The van der Waals surface area contributed by atoms with Crippen molar-refractivity contribution in [2.45, 2.75) is 65.2 Å². The SMILES string of the molecule is CCCc1noc(CCC(=O)NCc2ccc(C(=O)N3CC(C)OC(C)C3)cc2)n1. The van der Waals surface area contributed by atoms with Crippen molar-refractivity contribution < 1.29 is 18.8 Å². The minimum atomic E-state index is -0.0818. The summed E-state index contributed by atoms with van der Waals surface area (Å²) in [6, 6.07) is 7.36. The van der Waals surface area contributed by atoms with E-state index in [9.17, 15) is 9.59 Å². The lowest BCUT2D eigenvalue weighted by atomic mass is 10.1. The molecule has 3 rings (SSSR count). The van der Waals surface area contributed by atoms with Crippen LogP contribution in [0.2, 0.25) is 0 Å². The van der Waals surface area contributed by atoms with Crippen LogP contribution in [0.25, 0.3) is 0 Å². The second-order valence-corrected chi connectivity index (χ2v) is 7.80. The molecule has 1 aromatic carbocycles. The van der Waals surface area contributed by atoms with Crippen molar-refractivity contribution in [3.63, 3.8) is 0 Å². The highest BCUT2D eigenvalue weighted by Crippen LogP contribution is 2.15. The molecule has 1 aliphatic rings. The second-order valence-electron chi connectivity index (χ2n) is 7.80. The minimum Gasteiger partial charge on any atom is -0.372 e. The molecule has 2 amide bonds. The van der Waals surface area contributed by atoms with E-state index in [0.29, 0.717) is 43.3 Å². The van der Waals surface area contributed by atoms with Crippen LogP contribution in [-0.2, 0) is 28.9 Å². The summed E-state index contributed by atoms with van der Waals surface area (Å²) in [7, 11) is 0. The number of carbonyl (C=O) groups is 2. The largest absolute Gasteiger partial charge is 0.372 e. The van der Waals surface area contributed by atoms with Gasteiger partial charge in [0.05, 0.1) is 12.2 Å². The number of ether oxygens (including phenoxy) is 1. The van der Waals surface area contributed by atoms with Gasteiger partial charge in [0.2, 0.25) is 11.8 Å². The molecule has 30 heavy (non-hydrogen) atoms. The van der Waals surface area contributed by atoms with Gasteiger partial charge in [0, 0.05) is 44.5 Å². The highest BCUT2D eigenvalue weighted by molar-refractivity contribution is 5.94. The van der Waals surface area contributed by atoms with Crippen LogP contribution in [0.15, 0.2) is 28.8 Å². The molecular formula is C22H30N4O4. The summed E-state index contributed by atoms with van der Waals surface area (Å²) >= 11 is 0. The molecule has 0 aliphatic carbocycles. The Kier molecular flexibility index (Phi) is 7.57. The molecule has 0 saturated carbocycles. The zero-order chi connectivity index (χ0) is 21.5. The quantitative estimate of drug-likeness (QED) is 0.713. The van der Waals surface area contributed by atoms with Gasteiger partial charge in [-0.1, -0.05) is 24.2 Å². The number of aromatic nitrogens is 2. The Morgan fingerprint density at radius 2 is 1.83 bits per heavy atom. The normalized spacial score (nSPS) is 19.0. The summed E-state index contributed by atoms with van der Waals surface area (Å²) in [6.07, 6.45) is 2.52. The van der Waals surface area contributed by atoms with Gasteiger partial charge in [0.15, 0.2) is 5.82 Å². The van der Waals surface area contributed by atoms with Gasteiger partial charge in [-0.2, -0.15) is 4.98 Å². The predicted molar refractivity (Wildman–Crippen MR) is 111 cm³/mol. The van der Waals surface area contributed by atoms with Gasteiger partial charge >= 0.3 is 0 Å². The maximum atomic E-state index is 12.7. The maximum Gasteiger partial charge on any atom is 0.254 e. The molecule has 0 spiro atoms. The van der Waals surface area contributed by atoms with E-state index >= 15 is 0 Å². The molecule has 2 aromatic rings. The Morgan fingerprint density at radius 3 is 2.50 bits per heavy atom. The lowest BCUT2D eigenvalue weighted by Crippen LogP contribution is -2.48. The van der Waals surface area contributed by atoms with Crippen molar-refractivity contribution >= 4 is 11.8 Å². The third-order valence-electron chi connectivity index (χ3n) is 4.95. The number of morpholine rings is 1. The van der Waals surface area contributed by atoms with Crippen molar-refractivity contribution in [1.82, 2.24) is 20.4 Å². The minimum absolute atomic E-state index is 0.00888. The fraction of sp³-hybridized carbons (Fsp3) is 0.545. The van der Waals surface area contributed by atoms with Crippen molar-refractivity contribution in [3.8, 4) is 0 Å². The molecule has 0 radical (unpaired) electrons. The Labute approximate surface area is 177 Å². The van der Waals surface area contributed by atoms with Crippen molar-refractivity contribution in [2.75, 3.05) is 13.1 Å². The fourth-order valence-electron chi connectivity index (χ4n) is 3.52. The summed E-state index contributed by atoms with van der Waals surface area (Å²) < 4.78 is 10.8. The van der Waals surface area contributed by atoms with Crippen LogP contribution < -0.4 is 5.32 Å². The van der Waals surface area contributed by atoms with Crippen LogP contribution >= 0.6 is 0 Å². The van der Waals surface area contributed by atoms with E-state index in [0.717, 1.165) is 18.4 Å². The van der Waals surface area contributed by atoms with E-state index in [4.69, 9.17) is 9.26 Å². The second kappa shape index (κ2) is 10.3. The number of hydrogen-bond acceptors (Lipinski definition) is 6. The van der Waals surface area contributed by atoms with Crippen LogP contribution in [0.1, 0.15) is 61.2 Å². The number of benzene rings is 1. The monoisotopic (exact) mass is 414 g/mol. The molecule has 8 heteroatoms. The van der Waals surface area contributed by atoms with Crippen LogP contribution in [0.4, 0.5) is 0 Å². The van der Waals surface area contributed by atoms with E-state index in [-0.39, 0.29) is 30.4 Å². The molecule has 8 nitrogen and oxygen atoms in total. The lowest BCUT2D eigenvalue weighted by molar-refractivity contribution is -0.121. The number of hydrogen-bond donors (Lipinski definition) is 1. The summed E-state index contributed by atoms with van der Waals surface area (Å²) in [4.78, 5) is 30.9. The van der Waals surface area contributed by atoms with Gasteiger partial charge < -0.3 is 19.5 Å².